The highest BCUT2D eigenvalue weighted by Crippen LogP contribution is 2.32. The first kappa shape index (κ1) is 22.7. The lowest BCUT2D eigenvalue weighted by Gasteiger charge is -2.09. The molecule has 0 aliphatic heterocycles. The number of methoxy groups -OCH3 is 1. The van der Waals surface area contributed by atoms with Gasteiger partial charge in [0.1, 0.15) is 5.76 Å². The van der Waals surface area contributed by atoms with Gasteiger partial charge >= 0.3 is 5.97 Å². The van der Waals surface area contributed by atoms with Crippen LogP contribution in [0.5, 0.6) is 0 Å². The fourth-order valence-corrected chi connectivity index (χ4v) is 4.81. The number of amides is 1. The fourth-order valence-electron chi connectivity index (χ4n) is 3.83. The van der Waals surface area contributed by atoms with Crippen molar-refractivity contribution in [3.63, 3.8) is 0 Å². The van der Waals surface area contributed by atoms with Crippen LogP contribution in [0.25, 0.3) is 10.9 Å². The Balaban J connectivity index is 1.43. The molecule has 0 bridgehead atoms. The van der Waals surface area contributed by atoms with Crippen LogP contribution in [0.2, 0.25) is 0 Å². The highest BCUT2D eigenvalue weighted by Gasteiger charge is 2.14. The Morgan fingerprint density at radius 3 is 2.58 bits per heavy atom. The van der Waals surface area contributed by atoms with Crippen molar-refractivity contribution in [3.05, 3.63) is 89.0 Å². The van der Waals surface area contributed by atoms with Crippen molar-refractivity contribution >= 4 is 34.5 Å². The van der Waals surface area contributed by atoms with E-state index in [4.69, 9.17) is 9.15 Å². The number of fused-ring (bicyclic) bond motifs is 1. The molecule has 0 radical (unpaired) electrons. The van der Waals surface area contributed by atoms with Gasteiger partial charge < -0.3 is 19.0 Å². The monoisotopic (exact) mass is 462 g/mol. The van der Waals surface area contributed by atoms with Gasteiger partial charge in [0, 0.05) is 40.6 Å². The van der Waals surface area contributed by atoms with E-state index in [1.165, 1.54) is 7.11 Å². The number of esters is 1. The SMILES string of the molecule is COC(=O)c1ccc(CSc2cn(CCNC(=O)c3cc(C)cc(C)c3)c3ccccc23)o1. The molecule has 0 spiro atoms. The quantitative estimate of drug-likeness (QED) is 0.282. The number of carbonyl (C=O) groups excluding carboxylic acids is 2. The van der Waals surface area contributed by atoms with Crippen LogP contribution < -0.4 is 5.32 Å². The normalized spacial score (nSPS) is 11.0. The molecule has 0 aliphatic rings. The maximum atomic E-state index is 12.6. The van der Waals surface area contributed by atoms with Gasteiger partial charge in [0.15, 0.2) is 0 Å². The number of thioether (sulfide) groups is 1. The van der Waals surface area contributed by atoms with Crippen molar-refractivity contribution < 1.29 is 18.7 Å². The van der Waals surface area contributed by atoms with E-state index in [-0.39, 0.29) is 11.7 Å². The molecule has 2 heterocycles. The zero-order valence-corrected chi connectivity index (χ0v) is 19.7. The Bertz CT molecular complexity index is 1280. The molecule has 1 N–H and O–H groups in total. The summed E-state index contributed by atoms with van der Waals surface area (Å²) in [6, 6.07) is 17.5. The number of hydrogen-bond donors (Lipinski definition) is 1. The second kappa shape index (κ2) is 10.0. The number of para-hydroxylation sites is 1. The summed E-state index contributed by atoms with van der Waals surface area (Å²) in [6.45, 7) is 5.17. The largest absolute Gasteiger partial charge is 0.463 e. The average Bonchev–Trinajstić information content (AvgIpc) is 3.41. The summed E-state index contributed by atoms with van der Waals surface area (Å²) < 4.78 is 12.4. The van der Waals surface area contributed by atoms with Gasteiger partial charge in [-0.2, -0.15) is 0 Å². The highest BCUT2D eigenvalue weighted by molar-refractivity contribution is 7.98. The number of hydrogen-bond acceptors (Lipinski definition) is 5. The highest BCUT2D eigenvalue weighted by atomic mass is 32.2. The van der Waals surface area contributed by atoms with Gasteiger partial charge in [0.2, 0.25) is 5.76 Å². The summed E-state index contributed by atoms with van der Waals surface area (Å²) in [4.78, 5) is 25.3. The molecule has 0 atom stereocenters. The minimum absolute atomic E-state index is 0.0629. The van der Waals surface area contributed by atoms with Crippen molar-refractivity contribution in [2.75, 3.05) is 13.7 Å². The van der Waals surface area contributed by atoms with Crippen LogP contribution in [0.1, 0.15) is 37.8 Å². The molecule has 0 saturated carbocycles. The minimum Gasteiger partial charge on any atom is -0.463 e. The number of nitrogens with zero attached hydrogens (tertiary/aromatic N) is 1. The van der Waals surface area contributed by atoms with Gasteiger partial charge in [-0.15, -0.1) is 11.8 Å². The Morgan fingerprint density at radius 1 is 1.06 bits per heavy atom. The predicted octanol–water partition coefficient (Wildman–Crippen LogP) is 5.36. The molecular formula is C26H26N2O4S. The van der Waals surface area contributed by atoms with Gasteiger partial charge in [-0.25, -0.2) is 4.79 Å². The summed E-state index contributed by atoms with van der Waals surface area (Å²) in [7, 11) is 1.33. The maximum absolute atomic E-state index is 12.6. The van der Waals surface area contributed by atoms with E-state index in [9.17, 15) is 9.59 Å². The van der Waals surface area contributed by atoms with Crippen LogP contribution in [-0.4, -0.2) is 30.1 Å². The summed E-state index contributed by atoms with van der Waals surface area (Å²) in [6.07, 6.45) is 2.10. The number of furan rings is 1. The standard InChI is InChI=1S/C26H26N2O4S/c1-17-12-18(2)14-19(13-17)25(29)27-10-11-28-15-24(21-6-4-5-7-22(21)28)33-16-20-8-9-23(32-20)26(30)31-3/h4-9,12-15H,10-11,16H2,1-3H3,(H,27,29). The number of carbonyl (C=O) groups is 2. The van der Waals surface area contributed by atoms with Crippen molar-refractivity contribution in [2.45, 2.75) is 31.0 Å². The molecule has 33 heavy (non-hydrogen) atoms. The van der Waals surface area contributed by atoms with E-state index in [0.717, 1.165) is 26.9 Å². The van der Waals surface area contributed by atoms with Crippen molar-refractivity contribution in [1.82, 2.24) is 9.88 Å². The Hall–Kier alpha value is -3.45. The Morgan fingerprint density at radius 2 is 1.82 bits per heavy atom. The molecular weight excluding hydrogens is 436 g/mol. The lowest BCUT2D eigenvalue weighted by molar-refractivity contribution is 0.0563. The molecule has 2 aromatic carbocycles. The molecule has 170 valence electrons. The first-order valence-electron chi connectivity index (χ1n) is 10.7. The second-order valence-electron chi connectivity index (χ2n) is 7.88. The zero-order valence-electron chi connectivity index (χ0n) is 18.9. The first-order valence-corrected chi connectivity index (χ1v) is 11.7. The second-order valence-corrected chi connectivity index (χ2v) is 8.90. The molecule has 2 aromatic heterocycles. The number of ether oxygens (including phenoxy) is 1. The van der Waals surface area contributed by atoms with Gasteiger partial charge in [-0.05, 0) is 44.2 Å². The van der Waals surface area contributed by atoms with Gasteiger partial charge in [-0.3, -0.25) is 4.79 Å². The molecule has 4 aromatic rings. The lowest BCUT2D eigenvalue weighted by Crippen LogP contribution is -2.27. The van der Waals surface area contributed by atoms with Gasteiger partial charge in [0.05, 0.1) is 12.9 Å². The number of rotatable bonds is 8. The van der Waals surface area contributed by atoms with E-state index in [0.29, 0.717) is 30.2 Å². The maximum Gasteiger partial charge on any atom is 0.373 e. The van der Waals surface area contributed by atoms with Crippen molar-refractivity contribution in [1.29, 1.82) is 0 Å². The van der Waals surface area contributed by atoms with Crippen LogP contribution >= 0.6 is 11.8 Å². The number of nitrogens with one attached hydrogen (secondary N) is 1. The van der Waals surface area contributed by atoms with E-state index in [1.807, 2.05) is 38.1 Å². The Kier molecular flexibility index (Phi) is 6.89. The summed E-state index contributed by atoms with van der Waals surface area (Å²) >= 11 is 1.64. The zero-order chi connectivity index (χ0) is 23.4. The van der Waals surface area contributed by atoms with Gasteiger partial charge in [-0.1, -0.05) is 35.4 Å². The minimum atomic E-state index is -0.481. The number of aromatic nitrogens is 1. The third-order valence-corrected chi connectivity index (χ3v) is 6.36. The fraction of sp³-hybridized carbons (Fsp3) is 0.231. The van der Waals surface area contributed by atoms with Crippen LogP contribution in [0.15, 0.2) is 70.1 Å². The average molecular weight is 463 g/mol. The van der Waals surface area contributed by atoms with Crippen LogP contribution in [0, 0.1) is 13.8 Å². The lowest BCUT2D eigenvalue weighted by atomic mass is 10.1. The predicted molar refractivity (Wildman–Crippen MR) is 130 cm³/mol. The van der Waals surface area contributed by atoms with Crippen molar-refractivity contribution in [3.8, 4) is 0 Å². The Labute approximate surface area is 196 Å². The smallest absolute Gasteiger partial charge is 0.373 e. The van der Waals surface area contributed by atoms with Crippen LogP contribution in [0.4, 0.5) is 0 Å². The van der Waals surface area contributed by atoms with Crippen LogP contribution in [-0.2, 0) is 17.0 Å². The van der Waals surface area contributed by atoms with Gasteiger partial charge in [0.25, 0.3) is 5.91 Å². The molecule has 6 nitrogen and oxygen atoms in total. The van der Waals surface area contributed by atoms with Crippen LogP contribution in [0.3, 0.4) is 0 Å². The van der Waals surface area contributed by atoms with E-state index in [1.54, 1.807) is 23.9 Å². The molecule has 0 fully saturated rings. The molecule has 1 amide bonds. The molecule has 7 heteroatoms. The summed E-state index contributed by atoms with van der Waals surface area (Å²) in [5.74, 6) is 0.958. The molecule has 0 unspecified atom stereocenters. The summed E-state index contributed by atoms with van der Waals surface area (Å²) in [5, 5.41) is 4.17. The third kappa shape index (κ3) is 5.31. The van der Waals surface area contributed by atoms with E-state index in [2.05, 4.69) is 34.3 Å². The molecule has 4 rings (SSSR count). The van der Waals surface area contributed by atoms with E-state index < -0.39 is 5.97 Å². The number of benzene rings is 2. The van der Waals surface area contributed by atoms with E-state index >= 15 is 0 Å². The third-order valence-electron chi connectivity index (χ3n) is 5.29. The summed E-state index contributed by atoms with van der Waals surface area (Å²) in [5.41, 5.74) is 3.95. The molecule has 0 saturated heterocycles. The number of aryl methyl sites for hydroxylation is 2. The first-order chi connectivity index (χ1) is 15.9. The topological polar surface area (TPSA) is 73.5 Å². The molecule has 0 aliphatic carbocycles. The van der Waals surface area contributed by atoms with Crippen molar-refractivity contribution in [2.24, 2.45) is 0 Å².